The van der Waals surface area contributed by atoms with E-state index in [0.29, 0.717) is 12.3 Å². The first-order valence-electron chi connectivity index (χ1n) is 5.86. The van der Waals surface area contributed by atoms with Crippen LogP contribution in [0.2, 0.25) is 0 Å². The van der Waals surface area contributed by atoms with Crippen molar-refractivity contribution in [3.05, 3.63) is 35.2 Å². The highest BCUT2D eigenvalue weighted by Crippen LogP contribution is 2.30. The van der Waals surface area contributed by atoms with Crippen molar-refractivity contribution in [1.82, 2.24) is 19.9 Å². The van der Waals surface area contributed by atoms with Crippen molar-refractivity contribution in [2.24, 2.45) is 0 Å². The van der Waals surface area contributed by atoms with E-state index in [1.807, 2.05) is 25.1 Å². The molecule has 0 aliphatic heterocycles. The molecule has 19 heavy (non-hydrogen) atoms. The number of aromatic amines is 1. The van der Waals surface area contributed by atoms with E-state index in [0.717, 1.165) is 27.1 Å². The molecule has 0 atom stereocenters. The predicted molar refractivity (Wildman–Crippen MR) is 76.0 cm³/mol. The number of aromatic nitrogens is 4. The summed E-state index contributed by atoms with van der Waals surface area (Å²) in [6, 6.07) is 5.80. The molecule has 2 aromatic heterocycles. The fourth-order valence-corrected chi connectivity index (χ4v) is 2.27. The van der Waals surface area contributed by atoms with Crippen LogP contribution in [0.3, 0.4) is 0 Å². The lowest BCUT2D eigenvalue weighted by atomic mass is 10.2. The van der Waals surface area contributed by atoms with E-state index in [2.05, 4.69) is 35.9 Å². The maximum absolute atomic E-state index is 5.51. The number of H-pyrrole nitrogens is 1. The molecule has 0 fully saturated rings. The van der Waals surface area contributed by atoms with Crippen molar-refractivity contribution >= 4 is 27.1 Å². The normalized spacial score (nSPS) is 10.8. The van der Waals surface area contributed by atoms with Gasteiger partial charge in [-0.1, -0.05) is 15.9 Å². The quantitative estimate of drug-likeness (QED) is 0.805. The van der Waals surface area contributed by atoms with Gasteiger partial charge in [-0.3, -0.25) is 0 Å². The summed E-state index contributed by atoms with van der Waals surface area (Å²) in [5.74, 6) is 1.55. The minimum atomic E-state index is 0.632. The smallest absolute Gasteiger partial charge is 0.181 e. The van der Waals surface area contributed by atoms with Crippen LogP contribution in [0, 0.1) is 0 Å². The fourth-order valence-electron chi connectivity index (χ4n) is 1.83. The zero-order chi connectivity index (χ0) is 13.2. The van der Waals surface area contributed by atoms with Crippen molar-refractivity contribution < 1.29 is 4.74 Å². The number of fused-ring (bicyclic) bond motifs is 1. The lowest BCUT2D eigenvalue weighted by Gasteiger charge is -2.06. The Morgan fingerprint density at radius 3 is 3.05 bits per heavy atom. The summed E-state index contributed by atoms with van der Waals surface area (Å²) < 4.78 is 6.45. The maximum Gasteiger partial charge on any atom is 0.181 e. The van der Waals surface area contributed by atoms with Crippen molar-refractivity contribution in [2.75, 3.05) is 6.61 Å². The number of hydrogen-bond donors (Lipinski definition) is 1. The van der Waals surface area contributed by atoms with E-state index >= 15 is 0 Å². The van der Waals surface area contributed by atoms with E-state index in [-0.39, 0.29) is 0 Å². The molecule has 0 saturated carbocycles. The van der Waals surface area contributed by atoms with Crippen molar-refractivity contribution in [3.8, 4) is 17.1 Å². The van der Waals surface area contributed by atoms with Gasteiger partial charge in [0.15, 0.2) is 5.65 Å². The van der Waals surface area contributed by atoms with Crippen LogP contribution in [0.25, 0.3) is 22.6 Å². The molecule has 3 aromatic rings. The second-order valence-corrected chi connectivity index (χ2v) is 4.77. The van der Waals surface area contributed by atoms with E-state index in [1.165, 1.54) is 6.33 Å². The van der Waals surface area contributed by atoms with Crippen LogP contribution in [0.5, 0.6) is 5.75 Å². The summed E-state index contributed by atoms with van der Waals surface area (Å²) in [6.45, 7) is 2.59. The van der Waals surface area contributed by atoms with Gasteiger partial charge < -0.3 is 9.72 Å². The van der Waals surface area contributed by atoms with Gasteiger partial charge >= 0.3 is 0 Å². The number of imidazole rings is 1. The monoisotopic (exact) mass is 318 g/mol. The van der Waals surface area contributed by atoms with E-state index in [9.17, 15) is 0 Å². The Hall–Kier alpha value is -1.95. The number of benzene rings is 1. The van der Waals surface area contributed by atoms with E-state index in [1.54, 1.807) is 6.20 Å². The largest absolute Gasteiger partial charge is 0.494 e. The zero-order valence-corrected chi connectivity index (χ0v) is 11.8. The summed E-state index contributed by atoms with van der Waals surface area (Å²) in [5, 5.41) is 0. The van der Waals surface area contributed by atoms with Gasteiger partial charge in [0, 0.05) is 10.0 Å². The Morgan fingerprint density at radius 1 is 1.37 bits per heavy atom. The lowest BCUT2D eigenvalue weighted by Crippen LogP contribution is -1.92. The molecule has 0 bridgehead atoms. The van der Waals surface area contributed by atoms with Gasteiger partial charge in [-0.2, -0.15) is 0 Å². The fraction of sp³-hybridized carbons (Fsp3) is 0.154. The number of ether oxygens (including phenoxy) is 1. The Kier molecular flexibility index (Phi) is 3.16. The average Bonchev–Trinajstić information content (AvgIpc) is 2.85. The van der Waals surface area contributed by atoms with Crippen LogP contribution in [0.4, 0.5) is 0 Å². The highest BCUT2D eigenvalue weighted by Gasteiger charge is 2.10. The molecule has 0 unspecified atom stereocenters. The predicted octanol–water partition coefficient (Wildman–Crippen LogP) is 3.18. The van der Waals surface area contributed by atoms with Gasteiger partial charge in [-0.15, -0.1) is 0 Å². The van der Waals surface area contributed by atoms with Gasteiger partial charge in [0.2, 0.25) is 0 Å². The molecule has 0 radical (unpaired) electrons. The van der Waals surface area contributed by atoms with Crippen LogP contribution >= 0.6 is 15.9 Å². The molecule has 96 valence electrons. The molecule has 0 spiro atoms. The Labute approximate surface area is 118 Å². The van der Waals surface area contributed by atoms with Gasteiger partial charge in [-0.25, -0.2) is 15.0 Å². The minimum absolute atomic E-state index is 0.632. The average molecular weight is 319 g/mol. The minimum Gasteiger partial charge on any atom is -0.494 e. The van der Waals surface area contributed by atoms with Crippen molar-refractivity contribution in [3.63, 3.8) is 0 Å². The molecular weight excluding hydrogens is 308 g/mol. The molecular formula is C13H11BrN4O. The standard InChI is InChI=1S/C13H11BrN4O/c1-2-19-8-3-4-10(14)9(5-8)12-17-11-6-15-7-16-13(11)18-12/h3-7H,2H2,1H3,(H,15,16,17,18). The van der Waals surface area contributed by atoms with Crippen LogP contribution in [-0.2, 0) is 0 Å². The summed E-state index contributed by atoms with van der Waals surface area (Å²) in [4.78, 5) is 15.7. The molecule has 2 heterocycles. The van der Waals surface area contributed by atoms with Gasteiger partial charge in [0.25, 0.3) is 0 Å². The molecule has 0 aliphatic carbocycles. The Balaban J connectivity index is 2.11. The third-order valence-electron chi connectivity index (χ3n) is 2.67. The number of rotatable bonds is 3. The van der Waals surface area contributed by atoms with Crippen molar-refractivity contribution in [2.45, 2.75) is 6.92 Å². The highest BCUT2D eigenvalue weighted by molar-refractivity contribution is 9.10. The molecule has 1 N–H and O–H groups in total. The van der Waals surface area contributed by atoms with Gasteiger partial charge in [0.1, 0.15) is 23.4 Å². The zero-order valence-electron chi connectivity index (χ0n) is 10.2. The third-order valence-corrected chi connectivity index (χ3v) is 3.36. The first kappa shape index (κ1) is 12.1. The second kappa shape index (κ2) is 4.97. The molecule has 5 nitrogen and oxygen atoms in total. The van der Waals surface area contributed by atoms with Crippen molar-refractivity contribution in [1.29, 1.82) is 0 Å². The summed E-state index contributed by atoms with van der Waals surface area (Å²) in [6.07, 6.45) is 3.19. The third kappa shape index (κ3) is 2.31. The molecule has 3 rings (SSSR count). The summed E-state index contributed by atoms with van der Waals surface area (Å²) >= 11 is 3.52. The summed E-state index contributed by atoms with van der Waals surface area (Å²) in [5.41, 5.74) is 2.40. The summed E-state index contributed by atoms with van der Waals surface area (Å²) in [7, 11) is 0. The SMILES string of the molecule is CCOc1ccc(Br)c(-c2nc3ncncc3[nH]2)c1. The first-order chi connectivity index (χ1) is 9.28. The van der Waals surface area contributed by atoms with Crippen LogP contribution < -0.4 is 4.74 Å². The van der Waals surface area contributed by atoms with Crippen LogP contribution in [0.15, 0.2) is 35.2 Å². The van der Waals surface area contributed by atoms with Gasteiger partial charge in [-0.05, 0) is 25.1 Å². The molecule has 0 saturated heterocycles. The number of hydrogen-bond acceptors (Lipinski definition) is 4. The maximum atomic E-state index is 5.51. The lowest BCUT2D eigenvalue weighted by molar-refractivity contribution is 0.340. The van der Waals surface area contributed by atoms with E-state index in [4.69, 9.17) is 4.74 Å². The second-order valence-electron chi connectivity index (χ2n) is 3.92. The highest BCUT2D eigenvalue weighted by atomic mass is 79.9. The topological polar surface area (TPSA) is 63.7 Å². The number of nitrogens with zero attached hydrogens (tertiary/aromatic N) is 3. The molecule has 6 heteroatoms. The molecule has 1 aromatic carbocycles. The van der Waals surface area contributed by atoms with Gasteiger partial charge in [0.05, 0.1) is 12.8 Å². The number of nitrogens with one attached hydrogen (secondary N) is 1. The van der Waals surface area contributed by atoms with E-state index < -0.39 is 0 Å². The van der Waals surface area contributed by atoms with Crippen LogP contribution in [0.1, 0.15) is 6.92 Å². The Bertz CT molecular complexity index is 692. The molecule has 0 amide bonds. The van der Waals surface area contributed by atoms with Crippen LogP contribution in [-0.4, -0.2) is 26.5 Å². The molecule has 0 aliphatic rings. The first-order valence-corrected chi connectivity index (χ1v) is 6.65. The number of halogens is 1. The Morgan fingerprint density at radius 2 is 2.26 bits per heavy atom.